The summed E-state index contributed by atoms with van der Waals surface area (Å²) in [5.74, 6) is 1.86. The molecule has 2 heterocycles. The maximum atomic E-state index is 12.3. The monoisotopic (exact) mass is 544 g/mol. The van der Waals surface area contributed by atoms with E-state index in [1.54, 1.807) is 24.3 Å². The average Bonchev–Trinajstić information content (AvgIpc) is 3.14. The lowest BCUT2D eigenvalue weighted by molar-refractivity contribution is -0.0498. The summed E-state index contributed by atoms with van der Waals surface area (Å²) in [6, 6.07) is 12.5. The summed E-state index contributed by atoms with van der Waals surface area (Å²) >= 11 is 0. The predicted octanol–water partition coefficient (Wildman–Crippen LogP) is 3.98. The minimum Gasteiger partial charge on any atom is -0.435 e. The highest BCUT2D eigenvalue weighted by Gasteiger charge is 2.09. The van der Waals surface area contributed by atoms with E-state index in [9.17, 15) is 8.78 Å². The Morgan fingerprint density at radius 3 is 2.68 bits per heavy atom. The first-order valence-electron chi connectivity index (χ1n) is 9.88. The van der Waals surface area contributed by atoms with Gasteiger partial charge < -0.3 is 15.0 Å². The second kappa shape index (κ2) is 12.4. The van der Waals surface area contributed by atoms with Crippen LogP contribution >= 0.6 is 24.0 Å². The summed E-state index contributed by atoms with van der Waals surface area (Å²) in [5.41, 5.74) is 1.81. The van der Waals surface area contributed by atoms with E-state index in [0.29, 0.717) is 13.1 Å². The zero-order chi connectivity index (χ0) is 21.3. The molecule has 2 aromatic heterocycles. The van der Waals surface area contributed by atoms with Gasteiger partial charge >= 0.3 is 6.61 Å². The van der Waals surface area contributed by atoms with Crippen molar-refractivity contribution in [2.45, 2.75) is 32.9 Å². The van der Waals surface area contributed by atoms with Gasteiger partial charge in [0.15, 0.2) is 11.6 Å². The fourth-order valence-corrected chi connectivity index (χ4v) is 3.08. The van der Waals surface area contributed by atoms with Crippen LogP contribution < -0.4 is 10.1 Å². The van der Waals surface area contributed by atoms with Gasteiger partial charge in [0.1, 0.15) is 11.6 Å². The van der Waals surface area contributed by atoms with Crippen molar-refractivity contribution >= 4 is 35.6 Å². The van der Waals surface area contributed by atoms with Crippen molar-refractivity contribution in [2.24, 2.45) is 4.99 Å². The Kier molecular flexibility index (Phi) is 9.89. The number of hydrogen-bond acceptors (Lipinski definition) is 4. The second-order valence-electron chi connectivity index (χ2n) is 6.76. The Bertz CT molecular complexity index is 964. The number of aromatic nitrogens is 3. The molecule has 0 atom stereocenters. The lowest BCUT2D eigenvalue weighted by atomic mass is 10.2. The number of halogens is 3. The van der Waals surface area contributed by atoms with Gasteiger partial charge in [-0.15, -0.1) is 34.2 Å². The van der Waals surface area contributed by atoms with Crippen LogP contribution in [0.4, 0.5) is 8.78 Å². The summed E-state index contributed by atoms with van der Waals surface area (Å²) in [4.78, 5) is 6.70. The third kappa shape index (κ3) is 7.30. The second-order valence-corrected chi connectivity index (χ2v) is 6.76. The molecule has 0 aliphatic carbocycles. The van der Waals surface area contributed by atoms with Crippen molar-refractivity contribution < 1.29 is 13.5 Å². The molecule has 0 radical (unpaired) electrons. The number of guanidine groups is 1. The summed E-state index contributed by atoms with van der Waals surface area (Å²) < 4.78 is 30.9. The van der Waals surface area contributed by atoms with Crippen LogP contribution in [0.3, 0.4) is 0 Å². The Morgan fingerprint density at radius 2 is 1.97 bits per heavy atom. The number of nitrogens with zero attached hydrogens (tertiary/aromatic N) is 5. The van der Waals surface area contributed by atoms with Gasteiger partial charge in [0, 0.05) is 39.3 Å². The average molecular weight is 544 g/mol. The zero-order valence-corrected chi connectivity index (χ0v) is 19.9. The number of alkyl halides is 2. The van der Waals surface area contributed by atoms with Crippen LogP contribution in [0, 0.1) is 0 Å². The Morgan fingerprint density at radius 1 is 1.19 bits per heavy atom. The number of pyridine rings is 1. The quantitative estimate of drug-likeness (QED) is 0.191. The number of aliphatic imine (C=N–C) groups is 1. The number of fused-ring (bicyclic) bond motifs is 1. The molecule has 0 saturated heterocycles. The van der Waals surface area contributed by atoms with Crippen LogP contribution in [0.25, 0.3) is 5.65 Å². The zero-order valence-electron chi connectivity index (χ0n) is 17.5. The van der Waals surface area contributed by atoms with Gasteiger partial charge in [0.2, 0.25) is 0 Å². The van der Waals surface area contributed by atoms with Crippen molar-refractivity contribution in [2.75, 3.05) is 20.1 Å². The lowest BCUT2D eigenvalue weighted by Gasteiger charge is -2.22. The van der Waals surface area contributed by atoms with Crippen molar-refractivity contribution in [1.29, 1.82) is 0 Å². The van der Waals surface area contributed by atoms with E-state index in [2.05, 4.69) is 20.3 Å². The summed E-state index contributed by atoms with van der Waals surface area (Å²) in [5, 5.41) is 11.7. The molecule has 0 fully saturated rings. The fraction of sp³-hybridized carbons (Fsp3) is 0.381. The summed E-state index contributed by atoms with van der Waals surface area (Å²) in [6.45, 7) is 1.19. The molecule has 168 valence electrons. The molecule has 0 amide bonds. The molecule has 1 N–H and O–H groups in total. The highest BCUT2D eigenvalue weighted by Crippen LogP contribution is 2.16. The lowest BCUT2D eigenvalue weighted by Crippen LogP contribution is -2.38. The van der Waals surface area contributed by atoms with E-state index in [1.807, 2.05) is 47.7 Å². The van der Waals surface area contributed by atoms with Crippen LogP contribution in [-0.2, 0) is 13.0 Å². The van der Waals surface area contributed by atoms with Crippen LogP contribution in [0.5, 0.6) is 5.75 Å². The first kappa shape index (κ1) is 24.8. The molecule has 1 aromatic carbocycles. The fourth-order valence-electron chi connectivity index (χ4n) is 3.08. The third-order valence-corrected chi connectivity index (χ3v) is 4.47. The van der Waals surface area contributed by atoms with E-state index < -0.39 is 6.61 Å². The van der Waals surface area contributed by atoms with Crippen LogP contribution in [0.1, 0.15) is 24.7 Å². The van der Waals surface area contributed by atoms with Crippen molar-refractivity contribution in [3.63, 3.8) is 0 Å². The Labute approximate surface area is 197 Å². The van der Waals surface area contributed by atoms with Gasteiger partial charge in [-0.25, -0.2) is 0 Å². The first-order valence-corrected chi connectivity index (χ1v) is 9.88. The van der Waals surface area contributed by atoms with Gasteiger partial charge in [-0.2, -0.15) is 8.78 Å². The molecule has 10 heteroatoms. The molecule has 3 rings (SSSR count). The minimum absolute atomic E-state index is 0. The molecule has 31 heavy (non-hydrogen) atoms. The molecule has 0 bridgehead atoms. The number of aryl methyl sites for hydroxylation is 1. The molecular weight excluding hydrogens is 517 g/mol. The van der Waals surface area contributed by atoms with E-state index in [4.69, 9.17) is 4.99 Å². The van der Waals surface area contributed by atoms with Crippen molar-refractivity contribution in [3.05, 3.63) is 60.0 Å². The molecular formula is C21H27F2IN6O. The van der Waals surface area contributed by atoms with E-state index in [0.717, 1.165) is 42.4 Å². The normalized spacial score (nSPS) is 11.5. The Balaban J connectivity index is 0.00000341. The molecule has 0 unspecified atom stereocenters. The van der Waals surface area contributed by atoms with E-state index in [-0.39, 0.29) is 29.7 Å². The number of rotatable bonds is 9. The Hall–Kier alpha value is -2.50. The number of hydrogen-bond donors (Lipinski definition) is 1. The van der Waals surface area contributed by atoms with Gasteiger partial charge in [-0.05, 0) is 43.2 Å². The largest absolute Gasteiger partial charge is 0.435 e. The maximum Gasteiger partial charge on any atom is 0.387 e. The van der Waals surface area contributed by atoms with Crippen LogP contribution in [0.15, 0.2) is 53.7 Å². The minimum atomic E-state index is -2.82. The molecule has 7 nitrogen and oxygen atoms in total. The third-order valence-electron chi connectivity index (χ3n) is 4.47. The van der Waals surface area contributed by atoms with Crippen molar-refractivity contribution in [3.8, 4) is 5.75 Å². The standard InChI is InChI=1S/C21H26F2N6O.HI/c1-3-24-21(28(2)15-16-9-11-17(12-10-16)30-20(22)23)25-13-6-8-19-27-26-18-7-4-5-14-29(18)19;/h4-5,7,9-12,14,20H,3,6,8,13,15H2,1-2H3,(H,24,25);1H. The molecule has 0 aliphatic rings. The van der Waals surface area contributed by atoms with Crippen molar-refractivity contribution in [1.82, 2.24) is 24.8 Å². The van der Waals surface area contributed by atoms with Gasteiger partial charge in [0.05, 0.1) is 0 Å². The molecule has 0 spiro atoms. The summed E-state index contributed by atoms with van der Waals surface area (Å²) in [6.07, 6.45) is 3.59. The predicted molar refractivity (Wildman–Crippen MR) is 127 cm³/mol. The van der Waals surface area contributed by atoms with Gasteiger partial charge in [0.25, 0.3) is 0 Å². The number of ether oxygens (including phenoxy) is 1. The van der Waals surface area contributed by atoms with Gasteiger partial charge in [-0.1, -0.05) is 18.2 Å². The topological polar surface area (TPSA) is 67.0 Å². The smallest absolute Gasteiger partial charge is 0.387 e. The SMILES string of the molecule is CCNC(=NCCCc1nnc2ccccn12)N(C)Cc1ccc(OC(F)F)cc1.I. The number of benzene rings is 1. The van der Waals surface area contributed by atoms with Crippen LogP contribution in [-0.4, -0.2) is 52.2 Å². The van der Waals surface area contributed by atoms with Crippen LogP contribution in [0.2, 0.25) is 0 Å². The highest BCUT2D eigenvalue weighted by atomic mass is 127. The first-order chi connectivity index (χ1) is 14.6. The van der Waals surface area contributed by atoms with E-state index in [1.165, 1.54) is 0 Å². The molecule has 0 saturated carbocycles. The van der Waals surface area contributed by atoms with E-state index >= 15 is 0 Å². The molecule has 3 aromatic rings. The number of nitrogens with one attached hydrogen (secondary N) is 1. The highest BCUT2D eigenvalue weighted by molar-refractivity contribution is 14.0. The molecule has 0 aliphatic heterocycles. The maximum absolute atomic E-state index is 12.3. The summed E-state index contributed by atoms with van der Waals surface area (Å²) in [7, 11) is 1.94. The van der Waals surface area contributed by atoms with Gasteiger partial charge in [-0.3, -0.25) is 9.39 Å².